The first-order valence-electron chi connectivity index (χ1n) is 4.90. The summed E-state index contributed by atoms with van der Waals surface area (Å²) in [6.45, 7) is 1.98. The second-order valence-corrected chi connectivity index (χ2v) is 3.90. The van der Waals surface area contributed by atoms with E-state index in [0.29, 0.717) is 17.3 Å². The van der Waals surface area contributed by atoms with Gasteiger partial charge in [-0.2, -0.15) is 0 Å². The number of ether oxygens (including phenoxy) is 1. The van der Waals surface area contributed by atoms with Crippen molar-refractivity contribution in [1.29, 1.82) is 0 Å². The molecule has 0 aliphatic rings. The van der Waals surface area contributed by atoms with Gasteiger partial charge in [0.15, 0.2) is 0 Å². The Kier molecular flexibility index (Phi) is 4.58. The predicted molar refractivity (Wildman–Crippen MR) is 63.5 cm³/mol. The lowest BCUT2D eigenvalue weighted by Gasteiger charge is -2.11. The topological polar surface area (TPSA) is 64.3 Å². The van der Waals surface area contributed by atoms with E-state index in [1.165, 1.54) is 0 Å². The molecule has 4 nitrogen and oxygen atoms in total. The molecule has 88 valence electrons. The summed E-state index contributed by atoms with van der Waals surface area (Å²) < 4.78 is 5.15. The molecule has 5 heteroatoms. The number of carbonyl (C=O) groups is 1. The molecule has 1 aromatic rings. The number of hydrogen-bond donors (Lipinski definition) is 2. The van der Waals surface area contributed by atoms with E-state index >= 15 is 0 Å². The smallest absolute Gasteiger partial charge is 0.236 e. The molecule has 1 atom stereocenters. The monoisotopic (exact) mass is 242 g/mol. The first kappa shape index (κ1) is 12.8. The molecule has 0 aliphatic heterocycles. The van der Waals surface area contributed by atoms with Crippen molar-refractivity contribution >= 4 is 17.5 Å². The van der Waals surface area contributed by atoms with Crippen molar-refractivity contribution in [1.82, 2.24) is 5.32 Å². The third-order valence-electron chi connectivity index (χ3n) is 2.11. The third kappa shape index (κ3) is 3.40. The minimum atomic E-state index is -0.523. The van der Waals surface area contributed by atoms with Crippen LogP contribution in [-0.4, -0.2) is 19.1 Å². The summed E-state index contributed by atoms with van der Waals surface area (Å²) in [5.74, 6) is 0.483. The summed E-state index contributed by atoms with van der Waals surface area (Å²) >= 11 is 5.86. The number of hydrogen-bond acceptors (Lipinski definition) is 3. The third-order valence-corrected chi connectivity index (χ3v) is 2.34. The van der Waals surface area contributed by atoms with Crippen molar-refractivity contribution in [3.05, 3.63) is 28.8 Å². The van der Waals surface area contributed by atoms with Crippen LogP contribution in [0.15, 0.2) is 18.2 Å². The number of halogens is 1. The Labute approximate surface area is 99.7 Å². The van der Waals surface area contributed by atoms with Gasteiger partial charge in [-0.15, -0.1) is 0 Å². The first-order valence-corrected chi connectivity index (χ1v) is 5.28. The van der Waals surface area contributed by atoms with Gasteiger partial charge in [0.25, 0.3) is 0 Å². The summed E-state index contributed by atoms with van der Waals surface area (Å²) in [4.78, 5) is 11.3. The number of nitrogens with one attached hydrogen (secondary N) is 1. The molecule has 0 fully saturated rings. The molecule has 0 saturated heterocycles. The minimum absolute atomic E-state index is 0.206. The van der Waals surface area contributed by atoms with Crippen molar-refractivity contribution in [3.8, 4) is 5.75 Å². The van der Waals surface area contributed by atoms with Crippen molar-refractivity contribution in [2.24, 2.45) is 5.73 Å². The second kappa shape index (κ2) is 5.72. The highest BCUT2D eigenvalue weighted by Crippen LogP contribution is 2.22. The maximum absolute atomic E-state index is 11.3. The summed E-state index contributed by atoms with van der Waals surface area (Å²) in [5, 5.41) is 3.30. The maximum atomic E-state index is 11.3. The number of carbonyl (C=O) groups excluding carboxylic acids is 1. The lowest BCUT2D eigenvalue weighted by atomic mass is 10.2. The van der Waals surface area contributed by atoms with Gasteiger partial charge in [-0.3, -0.25) is 4.79 Å². The fourth-order valence-electron chi connectivity index (χ4n) is 1.23. The van der Waals surface area contributed by atoms with E-state index in [2.05, 4.69) is 5.32 Å². The molecule has 16 heavy (non-hydrogen) atoms. The molecule has 1 amide bonds. The number of nitrogens with two attached hydrogens (primary N) is 1. The van der Waals surface area contributed by atoms with Gasteiger partial charge in [-0.1, -0.05) is 11.6 Å². The van der Waals surface area contributed by atoms with Crippen LogP contribution in [0.1, 0.15) is 12.5 Å². The molecule has 0 spiro atoms. The van der Waals surface area contributed by atoms with Crippen LogP contribution in [0.25, 0.3) is 0 Å². The number of rotatable bonds is 4. The fraction of sp³-hybridized carbons (Fsp3) is 0.364. The Morgan fingerprint density at radius 3 is 2.88 bits per heavy atom. The van der Waals surface area contributed by atoms with Crippen LogP contribution in [0, 0.1) is 0 Å². The highest BCUT2D eigenvalue weighted by molar-refractivity contribution is 6.30. The van der Waals surface area contributed by atoms with Crippen LogP contribution in [0.5, 0.6) is 5.75 Å². The zero-order valence-corrected chi connectivity index (χ0v) is 10.0. The largest absolute Gasteiger partial charge is 0.496 e. The van der Waals surface area contributed by atoms with Gasteiger partial charge in [0.1, 0.15) is 5.75 Å². The molecular weight excluding hydrogens is 228 g/mol. The van der Waals surface area contributed by atoms with Gasteiger partial charge in [-0.25, -0.2) is 0 Å². The highest BCUT2D eigenvalue weighted by Gasteiger charge is 2.09. The molecule has 0 bridgehead atoms. The lowest BCUT2D eigenvalue weighted by Crippen LogP contribution is -2.37. The summed E-state index contributed by atoms with van der Waals surface area (Å²) in [7, 11) is 1.57. The molecule has 1 aromatic carbocycles. The SMILES string of the molecule is COc1ccc(Cl)cc1CNC(=O)[C@H](C)N. The van der Waals surface area contributed by atoms with Crippen LogP contribution in [0.4, 0.5) is 0 Å². The summed E-state index contributed by atoms with van der Waals surface area (Å²) in [6, 6.07) is 4.72. The van der Waals surface area contributed by atoms with Gasteiger partial charge in [0, 0.05) is 17.1 Å². The van der Waals surface area contributed by atoms with E-state index in [4.69, 9.17) is 22.1 Å². The maximum Gasteiger partial charge on any atom is 0.236 e. The molecule has 0 aromatic heterocycles. The highest BCUT2D eigenvalue weighted by atomic mass is 35.5. The van der Waals surface area contributed by atoms with Gasteiger partial charge < -0.3 is 15.8 Å². The van der Waals surface area contributed by atoms with Crippen LogP contribution < -0.4 is 15.8 Å². The zero-order chi connectivity index (χ0) is 12.1. The van der Waals surface area contributed by atoms with E-state index in [9.17, 15) is 4.79 Å². The Hall–Kier alpha value is -1.26. The van der Waals surface area contributed by atoms with Gasteiger partial charge in [0.05, 0.1) is 13.2 Å². The molecule has 0 radical (unpaired) electrons. The van der Waals surface area contributed by atoms with E-state index in [0.717, 1.165) is 5.56 Å². The summed E-state index contributed by atoms with van der Waals surface area (Å²) in [6.07, 6.45) is 0. The second-order valence-electron chi connectivity index (χ2n) is 3.46. The van der Waals surface area contributed by atoms with Gasteiger partial charge in [0.2, 0.25) is 5.91 Å². The lowest BCUT2D eigenvalue weighted by molar-refractivity contribution is -0.122. The molecular formula is C11H15ClN2O2. The summed E-state index contributed by atoms with van der Waals surface area (Å²) in [5.41, 5.74) is 6.25. The van der Waals surface area contributed by atoms with E-state index < -0.39 is 6.04 Å². The average molecular weight is 243 g/mol. The number of methoxy groups -OCH3 is 1. The Morgan fingerprint density at radius 2 is 2.31 bits per heavy atom. The van der Waals surface area contributed by atoms with Crippen molar-refractivity contribution in [2.75, 3.05) is 7.11 Å². The molecule has 0 saturated carbocycles. The molecule has 0 heterocycles. The molecule has 0 unspecified atom stereocenters. The minimum Gasteiger partial charge on any atom is -0.496 e. The van der Waals surface area contributed by atoms with Gasteiger partial charge >= 0.3 is 0 Å². The first-order chi connectivity index (χ1) is 7.54. The van der Waals surface area contributed by atoms with Crippen molar-refractivity contribution in [2.45, 2.75) is 19.5 Å². The fourth-order valence-corrected chi connectivity index (χ4v) is 1.42. The Bertz CT molecular complexity index is 380. The van der Waals surface area contributed by atoms with Crippen molar-refractivity contribution < 1.29 is 9.53 Å². The van der Waals surface area contributed by atoms with E-state index in [1.54, 1.807) is 32.2 Å². The van der Waals surface area contributed by atoms with Crippen LogP contribution in [-0.2, 0) is 11.3 Å². The van der Waals surface area contributed by atoms with E-state index in [-0.39, 0.29) is 5.91 Å². The van der Waals surface area contributed by atoms with Gasteiger partial charge in [-0.05, 0) is 25.1 Å². The molecule has 0 aliphatic carbocycles. The van der Waals surface area contributed by atoms with Crippen LogP contribution >= 0.6 is 11.6 Å². The van der Waals surface area contributed by atoms with Crippen LogP contribution in [0.3, 0.4) is 0 Å². The number of benzene rings is 1. The Balaban J connectivity index is 2.72. The van der Waals surface area contributed by atoms with E-state index in [1.807, 2.05) is 0 Å². The van der Waals surface area contributed by atoms with Crippen molar-refractivity contribution in [3.63, 3.8) is 0 Å². The molecule has 3 N–H and O–H groups in total. The van der Waals surface area contributed by atoms with Crippen LogP contribution in [0.2, 0.25) is 5.02 Å². The standard InChI is InChI=1S/C11H15ClN2O2/c1-7(13)11(15)14-6-8-5-9(12)3-4-10(8)16-2/h3-5,7H,6,13H2,1-2H3,(H,14,15)/t7-/m0/s1. The predicted octanol–water partition coefficient (Wildman–Crippen LogP) is 1.31. The molecule has 1 rings (SSSR count). The quantitative estimate of drug-likeness (QED) is 0.837. The zero-order valence-electron chi connectivity index (χ0n) is 9.29. The Morgan fingerprint density at radius 1 is 1.62 bits per heavy atom. The average Bonchev–Trinajstić information content (AvgIpc) is 2.25. The normalized spacial score (nSPS) is 12.0. The number of amides is 1.